The third-order valence-corrected chi connectivity index (χ3v) is 3.35. The van der Waals surface area contributed by atoms with Gasteiger partial charge in [-0.3, -0.25) is 10.2 Å². The van der Waals surface area contributed by atoms with E-state index < -0.39 is 36.9 Å². The summed E-state index contributed by atoms with van der Waals surface area (Å²) in [7, 11) is 0. The fraction of sp³-hybridized carbons (Fsp3) is 0.533. The van der Waals surface area contributed by atoms with Gasteiger partial charge in [-0.05, 0) is 18.9 Å². The van der Waals surface area contributed by atoms with Crippen LogP contribution in [0.5, 0.6) is 0 Å². The van der Waals surface area contributed by atoms with Gasteiger partial charge < -0.3 is 25.5 Å². The minimum absolute atomic E-state index is 0.140. The monoisotopic (exact) mass is 328 g/mol. The highest BCUT2D eigenvalue weighted by molar-refractivity contribution is 5.80. The van der Waals surface area contributed by atoms with Crippen molar-refractivity contribution < 1.29 is 30.3 Å². The lowest BCUT2D eigenvalue weighted by Gasteiger charge is -2.25. The summed E-state index contributed by atoms with van der Waals surface area (Å²) in [5.41, 5.74) is 5.98. The van der Waals surface area contributed by atoms with E-state index >= 15 is 0 Å². The Hall–Kier alpha value is -1.55. The van der Waals surface area contributed by atoms with Crippen LogP contribution in [0.3, 0.4) is 0 Å². The Balaban J connectivity index is 2.42. The molecule has 0 heterocycles. The zero-order valence-corrected chi connectivity index (χ0v) is 12.8. The first-order chi connectivity index (χ1) is 10.9. The van der Waals surface area contributed by atoms with Crippen LogP contribution in [0.2, 0.25) is 0 Å². The SMILES string of the molecule is CC(Cc1ccccc1)NNC(=O)[C@H](O)[C@@H](O)[C@H](O)[C@H](O)CO. The van der Waals surface area contributed by atoms with Crippen molar-refractivity contribution in [1.82, 2.24) is 10.9 Å². The largest absolute Gasteiger partial charge is 0.394 e. The lowest BCUT2D eigenvalue weighted by Crippen LogP contribution is -2.55. The number of hydrogen-bond donors (Lipinski definition) is 7. The Morgan fingerprint density at radius 2 is 1.70 bits per heavy atom. The Morgan fingerprint density at radius 1 is 1.09 bits per heavy atom. The summed E-state index contributed by atoms with van der Waals surface area (Å²) in [6, 6.07) is 9.42. The minimum atomic E-state index is -1.96. The molecule has 0 aliphatic heterocycles. The van der Waals surface area contributed by atoms with Gasteiger partial charge in [-0.2, -0.15) is 0 Å². The van der Waals surface area contributed by atoms with Crippen molar-refractivity contribution in [2.24, 2.45) is 0 Å². The number of aliphatic hydroxyl groups excluding tert-OH is 5. The molecule has 0 spiro atoms. The maximum Gasteiger partial charge on any atom is 0.265 e. The highest BCUT2D eigenvalue weighted by atomic mass is 16.4. The minimum Gasteiger partial charge on any atom is -0.394 e. The average Bonchev–Trinajstić information content (AvgIpc) is 2.57. The van der Waals surface area contributed by atoms with Crippen molar-refractivity contribution in [2.45, 2.75) is 43.8 Å². The summed E-state index contributed by atoms with van der Waals surface area (Å²) in [5, 5.41) is 46.6. The molecule has 7 N–H and O–H groups in total. The normalized spacial score (nSPS) is 17.8. The number of nitrogens with one attached hydrogen (secondary N) is 2. The molecular formula is C15H24N2O6. The van der Waals surface area contributed by atoms with Gasteiger partial charge in [0, 0.05) is 6.04 Å². The molecule has 0 radical (unpaired) electrons. The Morgan fingerprint density at radius 3 is 2.26 bits per heavy atom. The first-order valence-electron chi connectivity index (χ1n) is 7.29. The molecule has 23 heavy (non-hydrogen) atoms. The molecule has 0 fully saturated rings. The molecule has 8 heteroatoms. The number of rotatable bonds is 9. The van der Waals surface area contributed by atoms with Crippen molar-refractivity contribution >= 4 is 5.91 Å². The van der Waals surface area contributed by atoms with Crippen molar-refractivity contribution in [3.63, 3.8) is 0 Å². The number of carbonyl (C=O) groups excluding carboxylic acids is 1. The van der Waals surface area contributed by atoms with Crippen LogP contribution < -0.4 is 10.9 Å². The van der Waals surface area contributed by atoms with E-state index in [1.807, 2.05) is 37.3 Å². The van der Waals surface area contributed by atoms with E-state index in [1.54, 1.807) is 0 Å². The highest BCUT2D eigenvalue weighted by Gasteiger charge is 2.34. The van der Waals surface area contributed by atoms with Crippen molar-refractivity contribution in [2.75, 3.05) is 6.61 Å². The number of hydrogen-bond acceptors (Lipinski definition) is 7. The lowest BCUT2D eigenvalue weighted by atomic mass is 10.0. The van der Waals surface area contributed by atoms with Gasteiger partial charge in [-0.15, -0.1) is 0 Å². The summed E-state index contributed by atoms with van der Waals surface area (Å²) < 4.78 is 0. The van der Waals surface area contributed by atoms with Gasteiger partial charge in [0.2, 0.25) is 0 Å². The molecule has 1 rings (SSSR count). The Bertz CT molecular complexity index is 472. The average molecular weight is 328 g/mol. The van der Waals surface area contributed by atoms with Crippen molar-refractivity contribution in [3.05, 3.63) is 35.9 Å². The second kappa shape index (κ2) is 9.56. The van der Waals surface area contributed by atoms with Crippen LogP contribution in [0.1, 0.15) is 12.5 Å². The van der Waals surface area contributed by atoms with Crippen LogP contribution in [0.15, 0.2) is 30.3 Å². The molecule has 0 aliphatic rings. The van der Waals surface area contributed by atoms with Gasteiger partial charge in [0.25, 0.3) is 5.91 Å². The van der Waals surface area contributed by atoms with E-state index in [0.717, 1.165) is 5.56 Å². The summed E-state index contributed by atoms with van der Waals surface area (Å²) >= 11 is 0. The van der Waals surface area contributed by atoms with Gasteiger partial charge >= 0.3 is 0 Å². The molecule has 1 unspecified atom stereocenters. The molecule has 1 aromatic rings. The van der Waals surface area contributed by atoms with Gasteiger partial charge in [-0.25, -0.2) is 5.43 Å². The number of benzene rings is 1. The van der Waals surface area contributed by atoms with Crippen LogP contribution in [-0.4, -0.2) is 68.5 Å². The second-order valence-electron chi connectivity index (χ2n) is 5.40. The van der Waals surface area contributed by atoms with Crippen molar-refractivity contribution in [1.29, 1.82) is 0 Å². The van der Waals surface area contributed by atoms with Gasteiger partial charge in [0.15, 0.2) is 6.10 Å². The predicted octanol–water partition coefficient (Wildman–Crippen LogP) is -2.33. The topological polar surface area (TPSA) is 142 Å². The Kier molecular flexibility index (Phi) is 8.10. The second-order valence-corrected chi connectivity index (χ2v) is 5.40. The summed E-state index contributed by atoms with van der Waals surface area (Å²) in [4.78, 5) is 11.7. The fourth-order valence-corrected chi connectivity index (χ4v) is 1.96. The first-order valence-corrected chi connectivity index (χ1v) is 7.29. The molecule has 0 bridgehead atoms. The van der Waals surface area contributed by atoms with Crippen LogP contribution in [-0.2, 0) is 11.2 Å². The molecule has 8 nitrogen and oxygen atoms in total. The standard InChI is InChI=1S/C15H24N2O6/c1-9(7-10-5-3-2-4-6-10)16-17-15(23)14(22)13(21)12(20)11(19)8-18/h2-6,9,11-14,16,18-22H,7-8H2,1H3,(H,17,23)/t9?,11-,12-,13+,14-/m1/s1. The van der Waals surface area contributed by atoms with Crippen molar-refractivity contribution in [3.8, 4) is 0 Å². The molecule has 0 saturated heterocycles. The van der Waals surface area contributed by atoms with Gasteiger partial charge in [-0.1, -0.05) is 30.3 Å². The van der Waals surface area contributed by atoms with E-state index in [0.29, 0.717) is 6.42 Å². The molecule has 130 valence electrons. The molecule has 0 saturated carbocycles. The fourth-order valence-electron chi connectivity index (χ4n) is 1.96. The highest BCUT2D eigenvalue weighted by Crippen LogP contribution is 2.05. The summed E-state index contributed by atoms with van der Waals surface area (Å²) in [6.45, 7) is 1.01. The maximum atomic E-state index is 11.7. The van der Waals surface area contributed by atoms with E-state index in [-0.39, 0.29) is 6.04 Å². The number of hydrazine groups is 1. The third kappa shape index (κ3) is 6.22. The van der Waals surface area contributed by atoms with E-state index in [1.165, 1.54) is 0 Å². The van der Waals surface area contributed by atoms with E-state index in [9.17, 15) is 25.2 Å². The number of amides is 1. The molecule has 5 atom stereocenters. The molecular weight excluding hydrogens is 304 g/mol. The van der Waals surface area contributed by atoms with Crippen LogP contribution in [0.25, 0.3) is 0 Å². The van der Waals surface area contributed by atoms with E-state index in [4.69, 9.17) is 5.11 Å². The van der Waals surface area contributed by atoms with E-state index in [2.05, 4.69) is 10.9 Å². The zero-order chi connectivity index (χ0) is 17.4. The maximum absolute atomic E-state index is 11.7. The molecule has 1 aromatic carbocycles. The third-order valence-electron chi connectivity index (χ3n) is 3.35. The molecule has 0 aliphatic carbocycles. The molecule has 0 aromatic heterocycles. The lowest BCUT2D eigenvalue weighted by molar-refractivity contribution is -0.150. The number of aliphatic hydroxyl groups is 5. The zero-order valence-electron chi connectivity index (χ0n) is 12.8. The number of carbonyl (C=O) groups is 1. The van der Waals surface area contributed by atoms with Crippen LogP contribution in [0.4, 0.5) is 0 Å². The predicted molar refractivity (Wildman–Crippen MR) is 82.0 cm³/mol. The van der Waals surface area contributed by atoms with Gasteiger partial charge in [0.1, 0.15) is 18.3 Å². The van der Waals surface area contributed by atoms with Crippen LogP contribution >= 0.6 is 0 Å². The summed E-state index contributed by atoms with van der Waals surface area (Å²) in [6.07, 6.45) is -6.75. The van der Waals surface area contributed by atoms with Crippen LogP contribution in [0, 0.1) is 0 Å². The quantitative estimate of drug-likeness (QED) is 0.252. The smallest absolute Gasteiger partial charge is 0.265 e. The first kappa shape index (κ1) is 19.5. The van der Waals surface area contributed by atoms with Gasteiger partial charge in [0.05, 0.1) is 6.61 Å². The Labute approximate surface area is 134 Å². The summed E-state index contributed by atoms with van der Waals surface area (Å²) in [5.74, 6) is -0.957. The molecule has 1 amide bonds.